The lowest BCUT2D eigenvalue weighted by Gasteiger charge is -2.36. The van der Waals surface area contributed by atoms with E-state index in [9.17, 15) is 0 Å². The molecule has 0 bridgehead atoms. The predicted molar refractivity (Wildman–Crippen MR) is 84.8 cm³/mol. The van der Waals surface area contributed by atoms with Crippen molar-refractivity contribution >= 4 is 0 Å². The van der Waals surface area contributed by atoms with Crippen LogP contribution in [0.4, 0.5) is 0 Å². The minimum absolute atomic E-state index is 0.686. The average Bonchev–Trinajstić information content (AvgIpc) is 2.41. The van der Waals surface area contributed by atoms with E-state index in [0.717, 1.165) is 12.6 Å². The monoisotopic (exact) mass is 269 g/mol. The Morgan fingerprint density at radius 1 is 1.37 bits per heavy atom. The molecule has 0 saturated carbocycles. The highest BCUT2D eigenvalue weighted by Crippen LogP contribution is 2.14. The lowest BCUT2D eigenvalue weighted by atomic mass is 10.0. The van der Waals surface area contributed by atoms with Crippen molar-refractivity contribution < 1.29 is 0 Å². The number of piperidine rings is 1. The third kappa shape index (κ3) is 7.28. The molecule has 1 heterocycles. The summed E-state index contributed by atoms with van der Waals surface area (Å²) >= 11 is 0. The van der Waals surface area contributed by atoms with Gasteiger partial charge in [0.05, 0.1) is 0 Å². The predicted octanol–water partition coefficient (Wildman–Crippen LogP) is 2.57. The molecule has 0 aromatic heterocycles. The quantitative estimate of drug-likeness (QED) is 0.649. The fraction of sp³-hybridized carbons (Fsp3) is 1.00. The summed E-state index contributed by atoms with van der Waals surface area (Å²) in [7, 11) is 4.56. The van der Waals surface area contributed by atoms with Crippen LogP contribution >= 0.6 is 0 Å². The first-order chi connectivity index (χ1) is 9.13. The molecule has 3 nitrogen and oxygen atoms in total. The smallest absolute Gasteiger partial charge is 0.0220 e. The Morgan fingerprint density at radius 3 is 2.84 bits per heavy atom. The molecule has 2 atom stereocenters. The van der Waals surface area contributed by atoms with Gasteiger partial charge in [0.15, 0.2) is 0 Å². The van der Waals surface area contributed by atoms with Crippen molar-refractivity contribution in [2.75, 3.05) is 40.3 Å². The van der Waals surface area contributed by atoms with Gasteiger partial charge in [-0.1, -0.05) is 13.3 Å². The molecule has 0 spiro atoms. The van der Waals surface area contributed by atoms with E-state index in [1.807, 2.05) is 0 Å². The van der Waals surface area contributed by atoms with Gasteiger partial charge in [-0.15, -0.1) is 0 Å². The molecule has 0 aliphatic carbocycles. The largest absolute Gasteiger partial charge is 0.314 e. The van der Waals surface area contributed by atoms with Crippen molar-refractivity contribution in [2.24, 2.45) is 0 Å². The molecule has 19 heavy (non-hydrogen) atoms. The van der Waals surface area contributed by atoms with Crippen molar-refractivity contribution in [3.05, 3.63) is 0 Å². The molecule has 114 valence electrons. The van der Waals surface area contributed by atoms with Crippen LogP contribution < -0.4 is 5.32 Å². The second-order valence-electron chi connectivity index (χ2n) is 6.39. The molecule has 1 fully saturated rings. The maximum atomic E-state index is 3.57. The van der Waals surface area contributed by atoms with Crippen molar-refractivity contribution in [1.82, 2.24) is 15.1 Å². The molecular formula is C16H35N3. The standard InChI is InChI=1S/C16H35N3/c1-5-11-17-15(2)9-6-7-13-19(4)16-10-8-12-18(3)14-16/h15-17H,5-14H2,1-4H3. The summed E-state index contributed by atoms with van der Waals surface area (Å²) in [5, 5.41) is 3.57. The molecule has 1 saturated heterocycles. The van der Waals surface area contributed by atoms with E-state index in [4.69, 9.17) is 0 Å². The van der Waals surface area contributed by atoms with Gasteiger partial charge < -0.3 is 15.1 Å². The molecule has 1 N–H and O–H groups in total. The van der Waals surface area contributed by atoms with Crippen LogP contribution in [0.2, 0.25) is 0 Å². The SMILES string of the molecule is CCCNC(C)CCCCN(C)C1CCCN(C)C1. The Labute approximate surface area is 120 Å². The average molecular weight is 269 g/mol. The van der Waals surface area contributed by atoms with Gasteiger partial charge >= 0.3 is 0 Å². The Balaban J connectivity index is 2.05. The second-order valence-corrected chi connectivity index (χ2v) is 6.39. The first kappa shape index (κ1) is 16.9. The van der Waals surface area contributed by atoms with Crippen molar-refractivity contribution in [2.45, 2.75) is 64.5 Å². The summed E-state index contributed by atoms with van der Waals surface area (Å²) in [4.78, 5) is 5.06. The Morgan fingerprint density at radius 2 is 2.16 bits per heavy atom. The minimum Gasteiger partial charge on any atom is -0.314 e. The highest BCUT2D eigenvalue weighted by atomic mass is 15.2. The molecule has 2 unspecified atom stereocenters. The van der Waals surface area contributed by atoms with E-state index in [1.165, 1.54) is 58.2 Å². The van der Waals surface area contributed by atoms with Gasteiger partial charge in [-0.2, -0.15) is 0 Å². The maximum absolute atomic E-state index is 3.57. The van der Waals surface area contributed by atoms with Crippen LogP contribution in [-0.2, 0) is 0 Å². The number of rotatable bonds is 9. The zero-order valence-corrected chi connectivity index (χ0v) is 13.6. The topological polar surface area (TPSA) is 18.5 Å². The molecule has 0 aromatic carbocycles. The molecule has 3 heteroatoms. The maximum Gasteiger partial charge on any atom is 0.0220 e. The Hall–Kier alpha value is -0.120. The summed E-state index contributed by atoms with van der Waals surface area (Å²) in [6, 6.07) is 1.47. The summed E-state index contributed by atoms with van der Waals surface area (Å²) in [5.74, 6) is 0. The number of likely N-dealkylation sites (N-methyl/N-ethyl adjacent to an activating group) is 2. The molecule has 1 aliphatic rings. The first-order valence-electron chi connectivity index (χ1n) is 8.25. The number of hydrogen-bond acceptors (Lipinski definition) is 3. The summed E-state index contributed by atoms with van der Waals surface area (Å²) in [6.45, 7) is 9.51. The van der Waals surface area contributed by atoms with Crippen LogP contribution in [0.1, 0.15) is 52.4 Å². The van der Waals surface area contributed by atoms with Crippen LogP contribution in [0, 0.1) is 0 Å². The first-order valence-corrected chi connectivity index (χ1v) is 8.25. The van der Waals surface area contributed by atoms with E-state index in [1.54, 1.807) is 0 Å². The molecule has 0 aromatic rings. The van der Waals surface area contributed by atoms with Gasteiger partial charge in [-0.25, -0.2) is 0 Å². The molecular weight excluding hydrogens is 234 g/mol. The fourth-order valence-corrected chi connectivity index (χ4v) is 2.99. The highest BCUT2D eigenvalue weighted by Gasteiger charge is 2.20. The Kier molecular flexibility index (Phi) is 8.67. The number of likely N-dealkylation sites (tertiary alicyclic amines) is 1. The number of nitrogens with one attached hydrogen (secondary N) is 1. The lowest BCUT2D eigenvalue weighted by molar-refractivity contribution is 0.132. The van der Waals surface area contributed by atoms with Crippen LogP contribution in [0.25, 0.3) is 0 Å². The molecule has 0 amide bonds. The molecule has 1 rings (SSSR count). The van der Waals surface area contributed by atoms with Crippen molar-refractivity contribution in [1.29, 1.82) is 0 Å². The van der Waals surface area contributed by atoms with Gasteiger partial charge in [0, 0.05) is 18.6 Å². The van der Waals surface area contributed by atoms with Crippen LogP contribution in [-0.4, -0.2) is 62.2 Å². The van der Waals surface area contributed by atoms with E-state index in [2.05, 4.69) is 43.1 Å². The number of nitrogens with zero attached hydrogens (tertiary/aromatic N) is 2. The third-order valence-electron chi connectivity index (χ3n) is 4.36. The van der Waals surface area contributed by atoms with Gasteiger partial charge in [0.2, 0.25) is 0 Å². The van der Waals surface area contributed by atoms with E-state index in [0.29, 0.717) is 6.04 Å². The normalized spacial score (nSPS) is 22.9. The lowest BCUT2D eigenvalue weighted by Crippen LogP contribution is -2.45. The zero-order valence-electron chi connectivity index (χ0n) is 13.6. The molecule has 1 aliphatic heterocycles. The third-order valence-corrected chi connectivity index (χ3v) is 4.36. The van der Waals surface area contributed by atoms with E-state index >= 15 is 0 Å². The van der Waals surface area contributed by atoms with E-state index < -0.39 is 0 Å². The molecule has 0 radical (unpaired) electrons. The van der Waals surface area contributed by atoms with Gasteiger partial charge in [0.1, 0.15) is 0 Å². The van der Waals surface area contributed by atoms with Crippen LogP contribution in [0.5, 0.6) is 0 Å². The zero-order chi connectivity index (χ0) is 14.1. The summed E-state index contributed by atoms with van der Waals surface area (Å²) in [6.07, 6.45) is 8.00. The van der Waals surface area contributed by atoms with Crippen molar-refractivity contribution in [3.63, 3.8) is 0 Å². The van der Waals surface area contributed by atoms with Gasteiger partial charge in [-0.3, -0.25) is 0 Å². The van der Waals surface area contributed by atoms with Crippen LogP contribution in [0.3, 0.4) is 0 Å². The summed E-state index contributed by atoms with van der Waals surface area (Å²) in [5.41, 5.74) is 0. The number of hydrogen-bond donors (Lipinski definition) is 1. The number of unbranched alkanes of at least 4 members (excludes halogenated alkanes) is 1. The minimum atomic E-state index is 0.686. The van der Waals surface area contributed by atoms with Gasteiger partial charge in [-0.05, 0) is 72.8 Å². The Bertz CT molecular complexity index is 220. The van der Waals surface area contributed by atoms with Gasteiger partial charge in [0.25, 0.3) is 0 Å². The van der Waals surface area contributed by atoms with E-state index in [-0.39, 0.29) is 0 Å². The fourth-order valence-electron chi connectivity index (χ4n) is 2.99. The van der Waals surface area contributed by atoms with Crippen molar-refractivity contribution in [3.8, 4) is 0 Å². The summed E-state index contributed by atoms with van der Waals surface area (Å²) < 4.78 is 0. The van der Waals surface area contributed by atoms with Crippen LogP contribution in [0.15, 0.2) is 0 Å². The second kappa shape index (κ2) is 9.73. The highest BCUT2D eigenvalue weighted by molar-refractivity contribution is 4.77.